The van der Waals surface area contributed by atoms with E-state index in [1.54, 1.807) is 21.1 Å². The Morgan fingerprint density at radius 2 is 1.50 bits per heavy atom. The molecule has 0 amide bonds. The van der Waals surface area contributed by atoms with Crippen molar-refractivity contribution in [3.63, 3.8) is 0 Å². The summed E-state index contributed by atoms with van der Waals surface area (Å²) < 4.78 is 53.5. The van der Waals surface area contributed by atoms with Crippen LogP contribution in [0.3, 0.4) is 0 Å². The first kappa shape index (κ1) is 44.7. The molecule has 1 N–H and O–H groups in total. The van der Waals surface area contributed by atoms with Gasteiger partial charge in [-0.05, 0) is 75.6 Å². The Morgan fingerprint density at radius 1 is 0.917 bits per heavy atom. The summed E-state index contributed by atoms with van der Waals surface area (Å²) in [7, 11) is 0.266. The van der Waals surface area contributed by atoms with E-state index in [4.69, 9.17) is 37.5 Å². The molecule has 0 aliphatic carbocycles. The van der Waals surface area contributed by atoms with E-state index < -0.39 is 60.7 Å². The summed E-state index contributed by atoms with van der Waals surface area (Å²) in [5.41, 5.74) is -1.50. The number of methoxy groups -OCH3 is 2. The van der Waals surface area contributed by atoms with Crippen LogP contribution in [-0.2, 0) is 38.4 Å². The van der Waals surface area contributed by atoms with Crippen molar-refractivity contribution in [2.45, 2.75) is 101 Å². The van der Waals surface area contributed by atoms with Gasteiger partial charge < -0.3 is 28.4 Å². The fourth-order valence-electron chi connectivity index (χ4n) is 8.35. The third-order valence-corrected chi connectivity index (χ3v) is 15.3. The van der Waals surface area contributed by atoms with Crippen LogP contribution < -0.4 is 20.7 Å². The minimum Gasteiger partial charge on any atom is -0.497 e. The van der Waals surface area contributed by atoms with Gasteiger partial charge in [0.2, 0.25) is 0 Å². The normalized spacial score (nSPS) is 21.5. The molecule has 2 aliphatic heterocycles. The standard InChI is InChI=1S/C45H54N3O11P/c1-29(2)60(30(3)4,56-24-12-23-46)59-44-25-38(27-54-32(6)49)57-40(44)42(48-26-31(5)41(50)47-43(48)51)58-39(44)28-55-45(33-13-10-9-11-14-33,34-15-19-36(52-7)20-16-34)35-17-21-37(53-8)22-18-35/h9-11,13-22,26,29-30,38-40,42H,12,24-25,27-28H2,1-8H3/p+1/t38-,39?,40+,42+,44+/m0/s1. The van der Waals surface area contributed by atoms with Gasteiger partial charge in [-0.2, -0.15) is 9.79 Å². The lowest BCUT2D eigenvalue weighted by Crippen LogP contribution is -2.51. The Bertz CT molecular complexity index is 2180. The molecule has 3 heterocycles. The number of hydrogen-bond acceptors (Lipinski definition) is 12. The molecule has 2 saturated heterocycles. The van der Waals surface area contributed by atoms with Crippen LogP contribution in [0.5, 0.6) is 11.5 Å². The first-order chi connectivity index (χ1) is 28.7. The molecule has 0 radical (unpaired) electrons. The Balaban J connectivity index is 1.57. The zero-order valence-electron chi connectivity index (χ0n) is 35.4. The summed E-state index contributed by atoms with van der Waals surface area (Å²) in [5.74, 6) is 0.842. The average Bonchev–Trinajstić information content (AvgIpc) is 3.74. The van der Waals surface area contributed by atoms with Gasteiger partial charge in [-0.1, -0.05) is 54.6 Å². The molecular formula is C45H55N3O11P+. The molecule has 14 nitrogen and oxygen atoms in total. The molecule has 2 aliphatic rings. The minimum absolute atomic E-state index is 0.0907. The Labute approximate surface area is 351 Å². The van der Waals surface area contributed by atoms with E-state index in [0.717, 1.165) is 16.7 Å². The second-order valence-electron chi connectivity index (χ2n) is 15.6. The van der Waals surface area contributed by atoms with Crippen LogP contribution in [0.15, 0.2) is 94.6 Å². The van der Waals surface area contributed by atoms with Crippen LogP contribution in [0.25, 0.3) is 0 Å². The molecule has 2 fully saturated rings. The predicted octanol–water partition coefficient (Wildman–Crippen LogP) is 6.84. The van der Waals surface area contributed by atoms with Crippen molar-refractivity contribution in [1.82, 2.24) is 9.55 Å². The van der Waals surface area contributed by atoms with Gasteiger partial charge in [-0.25, -0.2) is 9.32 Å². The second-order valence-corrected chi connectivity index (χ2v) is 19.4. The highest BCUT2D eigenvalue weighted by molar-refractivity contribution is 7.67. The highest BCUT2D eigenvalue weighted by Crippen LogP contribution is 2.73. The first-order valence-corrected chi connectivity index (χ1v) is 21.9. The van der Waals surface area contributed by atoms with Gasteiger partial charge in [0.05, 0.1) is 39.4 Å². The van der Waals surface area contributed by atoms with Gasteiger partial charge in [0, 0.05) is 25.1 Å². The molecule has 6 rings (SSSR count). The van der Waals surface area contributed by atoms with E-state index in [0.29, 0.717) is 11.5 Å². The third-order valence-electron chi connectivity index (χ3n) is 11.3. The zero-order chi connectivity index (χ0) is 43.2. The smallest absolute Gasteiger partial charge is 0.330 e. The first-order valence-electron chi connectivity index (χ1n) is 20.1. The number of hydrogen-bond donors (Lipinski definition) is 1. The third kappa shape index (κ3) is 8.66. The predicted molar refractivity (Wildman–Crippen MR) is 225 cm³/mol. The van der Waals surface area contributed by atoms with Crippen molar-refractivity contribution >= 4 is 13.7 Å². The van der Waals surface area contributed by atoms with Gasteiger partial charge in [0.25, 0.3) is 13.3 Å². The van der Waals surface area contributed by atoms with Crippen LogP contribution in [-0.4, -0.2) is 84.8 Å². The largest absolute Gasteiger partial charge is 0.497 e. The molecule has 0 bridgehead atoms. The summed E-state index contributed by atoms with van der Waals surface area (Å²) in [6.45, 7) is 11.0. The number of benzene rings is 3. The number of fused-ring (bicyclic) bond motifs is 1. The average molecular weight is 845 g/mol. The molecule has 15 heteroatoms. The highest BCUT2D eigenvalue weighted by atomic mass is 31.2. The molecule has 0 saturated carbocycles. The minimum atomic E-state index is -2.95. The Kier molecular flexibility index (Phi) is 14.0. The van der Waals surface area contributed by atoms with Crippen molar-refractivity contribution < 1.29 is 42.3 Å². The van der Waals surface area contributed by atoms with E-state index in [9.17, 15) is 19.6 Å². The molecular weight excluding hydrogens is 789 g/mol. The van der Waals surface area contributed by atoms with Crippen molar-refractivity contribution in [1.29, 1.82) is 5.26 Å². The second kappa shape index (κ2) is 18.8. The van der Waals surface area contributed by atoms with Gasteiger partial charge in [-0.15, -0.1) is 0 Å². The zero-order valence-corrected chi connectivity index (χ0v) is 36.3. The molecule has 320 valence electrons. The lowest BCUT2D eigenvalue weighted by atomic mass is 9.79. The van der Waals surface area contributed by atoms with E-state index in [1.165, 1.54) is 17.7 Å². The number of nitriles is 1. The fourth-order valence-corrected chi connectivity index (χ4v) is 11.8. The van der Waals surface area contributed by atoms with Crippen LogP contribution in [0.1, 0.15) is 75.9 Å². The van der Waals surface area contributed by atoms with E-state index >= 15 is 0 Å². The monoisotopic (exact) mass is 844 g/mol. The number of aromatic amines is 1. The van der Waals surface area contributed by atoms with Gasteiger partial charge in [0.1, 0.15) is 53.8 Å². The quantitative estimate of drug-likeness (QED) is 0.0480. The van der Waals surface area contributed by atoms with E-state index in [-0.39, 0.29) is 49.5 Å². The number of carbonyl (C=O) groups is 1. The van der Waals surface area contributed by atoms with Gasteiger partial charge in [0.15, 0.2) is 11.8 Å². The van der Waals surface area contributed by atoms with Crippen molar-refractivity contribution in [3.05, 3.63) is 128 Å². The van der Waals surface area contributed by atoms with Crippen LogP contribution in [0.2, 0.25) is 0 Å². The molecule has 60 heavy (non-hydrogen) atoms. The number of esters is 1. The summed E-state index contributed by atoms with van der Waals surface area (Å²) >= 11 is 0. The van der Waals surface area contributed by atoms with Gasteiger partial charge >= 0.3 is 11.7 Å². The maximum Gasteiger partial charge on any atom is 0.330 e. The Hall–Kier alpha value is -4.87. The van der Waals surface area contributed by atoms with E-state index in [1.807, 2.05) is 107 Å². The van der Waals surface area contributed by atoms with E-state index in [2.05, 4.69) is 11.1 Å². The lowest BCUT2D eigenvalue weighted by Gasteiger charge is -2.41. The van der Waals surface area contributed by atoms with Gasteiger partial charge in [-0.3, -0.25) is 19.1 Å². The number of H-pyrrole nitrogens is 1. The number of aromatic nitrogens is 2. The Morgan fingerprint density at radius 3 is 2.03 bits per heavy atom. The molecule has 1 aromatic heterocycles. The topological polar surface area (TPSA) is 170 Å². The molecule has 0 spiro atoms. The number of ether oxygens (including phenoxy) is 6. The molecule has 4 aromatic rings. The summed E-state index contributed by atoms with van der Waals surface area (Å²) in [6, 6.07) is 27.3. The van der Waals surface area contributed by atoms with Crippen LogP contribution in [0, 0.1) is 18.3 Å². The number of nitrogens with zero attached hydrogens (tertiary/aromatic N) is 2. The summed E-state index contributed by atoms with van der Waals surface area (Å²) in [6.07, 6.45) is -1.99. The fraction of sp³-hybridized carbons (Fsp3) is 0.467. The number of aryl methyl sites for hydroxylation is 1. The molecule has 5 atom stereocenters. The number of rotatable bonds is 18. The summed E-state index contributed by atoms with van der Waals surface area (Å²) in [4.78, 5) is 40.9. The SMILES string of the molecule is COc1ccc(C(OCC2O[C@@H](n3cc(C)c(=O)[nH]c3=O)[C@H]3O[C@H](COC(C)=O)C[C@@]23O[P+](OCCC#N)(C(C)C)C(C)C)(c2ccccc2)c2ccc(OC)cc2)cc1. The van der Waals surface area contributed by atoms with Crippen LogP contribution in [0.4, 0.5) is 0 Å². The molecule has 3 aromatic carbocycles. The van der Waals surface area contributed by atoms with Crippen molar-refractivity contribution in [2.75, 3.05) is 34.0 Å². The maximum absolute atomic E-state index is 13.7. The highest BCUT2D eigenvalue weighted by Gasteiger charge is 2.71. The molecule has 1 unspecified atom stereocenters. The number of nitrogens with one attached hydrogen (secondary N) is 1. The maximum atomic E-state index is 13.7. The van der Waals surface area contributed by atoms with Crippen molar-refractivity contribution in [3.8, 4) is 17.6 Å². The van der Waals surface area contributed by atoms with Crippen LogP contribution >= 0.6 is 7.72 Å². The van der Waals surface area contributed by atoms with Crippen molar-refractivity contribution in [2.24, 2.45) is 0 Å². The lowest BCUT2D eigenvalue weighted by molar-refractivity contribution is -0.148. The number of carbonyl (C=O) groups excluding carboxylic acids is 1. The summed E-state index contributed by atoms with van der Waals surface area (Å²) in [5, 5.41) is 9.54.